The number of halogens is 3. The molecule has 0 spiro atoms. The number of fused-ring (bicyclic) bond motifs is 1. The number of methoxy groups -OCH3 is 1. The standard InChI is InChI=1S/C42H52F3N9O5/c1-25(2)54-24-42(44,45)40(58)51(3)34-23-46-41(50-37(34)54)48-32-12-7-28(22-35(32)59-4)38(56)47-29-9-5-26(6-10-29)15-16-52-17-19-53(20-18-52)33-13-8-27(21-31(33)43)30-11-14-36(55)49-39(30)57/h7-8,12-13,21-23,25-26,29-30H,5-6,9-11,14-20,24H2,1-4H3,(H,47,56)(H,46,48,50)(H,49,55,57)/t26-,29-,30?. The molecule has 7 rings (SSSR count). The highest BCUT2D eigenvalue weighted by Crippen LogP contribution is 2.38. The largest absolute Gasteiger partial charge is 0.495 e. The number of imide groups is 1. The average molecular weight is 820 g/mol. The summed E-state index contributed by atoms with van der Waals surface area (Å²) in [5.41, 5.74) is 2.19. The zero-order valence-corrected chi connectivity index (χ0v) is 33.9. The van der Waals surface area contributed by atoms with Crippen LogP contribution in [-0.4, -0.2) is 110 Å². The smallest absolute Gasteiger partial charge is 0.342 e. The fourth-order valence-electron chi connectivity index (χ4n) is 8.52. The minimum Gasteiger partial charge on any atom is -0.495 e. The Morgan fingerprint density at radius 3 is 2.42 bits per heavy atom. The van der Waals surface area contributed by atoms with Crippen LogP contribution in [0.1, 0.15) is 80.6 Å². The molecule has 3 aromatic rings. The average Bonchev–Trinajstić information content (AvgIpc) is 3.29. The van der Waals surface area contributed by atoms with Gasteiger partial charge in [0, 0.05) is 57.3 Å². The maximum absolute atomic E-state index is 15.2. The van der Waals surface area contributed by atoms with Crippen molar-refractivity contribution in [2.45, 2.75) is 82.7 Å². The van der Waals surface area contributed by atoms with Gasteiger partial charge in [0.25, 0.3) is 11.8 Å². The van der Waals surface area contributed by atoms with Gasteiger partial charge in [-0.2, -0.15) is 13.8 Å². The van der Waals surface area contributed by atoms with Crippen molar-refractivity contribution in [3.05, 3.63) is 59.5 Å². The minimum absolute atomic E-state index is 0.0524. The summed E-state index contributed by atoms with van der Waals surface area (Å²) in [5, 5.41) is 8.60. The third kappa shape index (κ3) is 9.24. The molecule has 316 valence electrons. The van der Waals surface area contributed by atoms with Crippen LogP contribution in [-0.2, 0) is 14.4 Å². The van der Waals surface area contributed by atoms with Gasteiger partial charge in [0.15, 0.2) is 5.82 Å². The number of alkyl halides is 2. The van der Waals surface area contributed by atoms with E-state index in [9.17, 15) is 28.0 Å². The van der Waals surface area contributed by atoms with Gasteiger partial charge in [-0.05, 0) is 101 Å². The lowest BCUT2D eigenvalue weighted by Crippen LogP contribution is -2.47. The molecule has 4 aliphatic rings. The lowest BCUT2D eigenvalue weighted by atomic mass is 9.84. The first kappa shape index (κ1) is 41.7. The van der Waals surface area contributed by atoms with Crippen LogP contribution >= 0.6 is 0 Å². The number of carbonyl (C=O) groups excluding carboxylic acids is 4. The van der Waals surface area contributed by atoms with Crippen LogP contribution < -0.4 is 35.4 Å². The van der Waals surface area contributed by atoms with Crippen molar-refractivity contribution in [3.63, 3.8) is 0 Å². The maximum atomic E-state index is 15.2. The van der Waals surface area contributed by atoms with Crippen LogP contribution in [0.3, 0.4) is 0 Å². The molecule has 2 saturated heterocycles. The van der Waals surface area contributed by atoms with Gasteiger partial charge in [-0.25, -0.2) is 9.37 Å². The van der Waals surface area contributed by atoms with E-state index in [1.165, 1.54) is 31.3 Å². The normalized spacial score (nSPS) is 22.5. The SMILES string of the molecule is COc1cc(C(=O)N[C@H]2CC[C@H](CCN3CCN(c4ccc(C5CCC(=O)NC5=O)cc4F)CC3)CC2)ccc1Nc1ncc2c(n1)N(C(C)C)CC(F)(F)C(=O)N2C. The van der Waals surface area contributed by atoms with Crippen molar-refractivity contribution in [2.75, 3.05) is 73.4 Å². The molecule has 59 heavy (non-hydrogen) atoms. The zero-order chi connectivity index (χ0) is 42.0. The fraction of sp³-hybridized carbons (Fsp3) is 0.524. The molecule has 17 heteroatoms. The number of carbonyl (C=O) groups is 4. The lowest BCUT2D eigenvalue weighted by Gasteiger charge is -2.37. The first-order valence-corrected chi connectivity index (χ1v) is 20.4. The molecule has 2 aromatic carbocycles. The molecule has 4 heterocycles. The van der Waals surface area contributed by atoms with Crippen molar-refractivity contribution < 1.29 is 37.1 Å². The number of hydrogen-bond donors (Lipinski definition) is 3. The van der Waals surface area contributed by atoms with E-state index in [0.717, 1.165) is 56.6 Å². The predicted molar refractivity (Wildman–Crippen MR) is 217 cm³/mol. The predicted octanol–water partition coefficient (Wildman–Crippen LogP) is 5.22. The van der Waals surface area contributed by atoms with Gasteiger partial charge >= 0.3 is 5.92 Å². The van der Waals surface area contributed by atoms with Crippen molar-refractivity contribution in [2.24, 2.45) is 5.92 Å². The summed E-state index contributed by atoms with van der Waals surface area (Å²) in [7, 11) is 2.76. The van der Waals surface area contributed by atoms with Gasteiger partial charge in [0.2, 0.25) is 17.8 Å². The highest BCUT2D eigenvalue weighted by molar-refractivity contribution is 6.02. The molecule has 1 atom stereocenters. The van der Waals surface area contributed by atoms with Crippen LogP contribution in [0.5, 0.6) is 5.75 Å². The van der Waals surface area contributed by atoms with Gasteiger partial charge in [-0.3, -0.25) is 29.4 Å². The second kappa shape index (κ2) is 17.4. The molecule has 3 aliphatic heterocycles. The number of hydrogen-bond acceptors (Lipinski definition) is 11. The van der Waals surface area contributed by atoms with Crippen molar-refractivity contribution in [1.82, 2.24) is 25.5 Å². The molecule has 1 saturated carbocycles. The molecule has 0 bridgehead atoms. The molecule has 0 radical (unpaired) electrons. The number of amides is 4. The summed E-state index contributed by atoms with van der Waals surface area (Å²) in [6.07, 6.45) is 6.82. The van der Waals surface area contributed by atoms with Crippen LogP contribution in [0.4, 0.5) is 42.0 Å². The van der Waals surface area contributed by atoms with Crippen molar-refractivity contribution >= 4 is 52.5 Å². The number of piperidine rings is 1. The topological polar surface area (TPSA) is 152 Å². The van der Waals surface area contributed by atoms with Gasteiger partial charge in [0.05, 0.1) is 37.1 Å². The Morgan fingerprint density at radius 1 is 1.00 bits per heavy atom. The quantitative estimate of drug-likeness (QED) is 0.219. The minimum atomic E-state index is -3.60. The number of nitrogens with one attached hydrogen (secondary N) is 3. The monoisotopic (exact) mass is 819 g/mol. The second-order valence-corrected chi connectivity index (χ2v) is 16.3. The number of ether oxygens (including phenoxy) is 1. The molecule has 4 amide bonds. The molecule has 3 N–H and O–H groups in total. The summed E-state index contributed by atoms with van der Waals surface area (Å²) < 4.78 is 50.3. The number of rotatable bonds is 11. The van der Waals surface area contributed by atoms with Gasteiger partial charge in [0.1, 0.15) is 17.3 Å². The third-order valence-electron chi connectivity index (χ3n) is 12.1. The van der Waals surface area contributed by atoms with E-state index >= 15 is 4.39 Å². The number of anilines is 5. The van der Waals surface area contributed by atoms with E-state index in [1.54, 1.807) is 44.2 Å². The zero-order valence-electron chi connectivity index (χ0n) is 33.9. The summed E-state index contributed by atoms with van der Waals surface area (Å²) in [6.45, 7) is 6.72. The van der Waals surface area contributed by atoms with Crippen molar-refractivity contribution in [1.29, 1.82) is 0 Å². The van der Waals surface area contributed by atoms with E-state index in [1.807, 2.05) is 0 Å². The summed E-state index contributed by atoms with van der Waals surface area (Å²) >= 11 is 0. The maximum Gasteiger partial charge on any atom is 0.342 e. The molecule has 1 aromatic heterocycles. The Balaban J connectivity index is 0.867. The lowest BCUT2D eigenvalue weighted by molar-refractivity contribution is -0.140. The van der Waals surface area contributed by atoms with Crippen LogP contribution in [0.2, 0.25) is 0 Å². The number of benzene rings is 2. The Labute approximate surface area is 341 Å². The van der Waals surface area contributed by atoms with Gasteiger partial charge < -0.3 is 30.1 Å². The van der Waals surface area contributed by atoms with E-state index in [0.29, 0.717) is 53.7 Å². The highest BCUT2D eigenvalue weighted by atomic mass is 19.3. The molecular weight excluding hydrogens is 768 g/mol. The van der Waals surface area contributed by atoms with E-state index in [-0.39, 0.29) is 59.5 Å². The molecular formula is C42H52F3N9O5. The third-order valence-corrected chi connectivity index (χ3v) is 12.1. The number of nitrogens with zero attached hydrogens (tertiary/aromatic N) is 6. The van der Waals surface area contributed by atoms with E-state index in [2.05, 4.69) is 35.7 Å². The molecule has 3 fully saturated rings. The van der Waals surface area contributed by atoms with E-state index in [4.69, 9.17) is 4.74 Å². The molecule has 14 nitrogen and oxygen atoms in total. The van der Waals surface area contributed by atoms with Crippen LogP contribution in [0.15, 0.2) is 42.6 Å². The summed E-state index contributed by atoms with van der Waals surface area (Å²) in [5.74, 6) is -5.42. The number of piperazine rings is 1. The van der Waals surface area contributed by atoms with Crippen LogP contribution in [0, 0.1) is 11.7 Å². The Morgan fingerprint density at radius 2 is 1.75 bits per heavy atom. The Bertz CT molecular complexity index is 2070. The Hall–Kier alpha value is -5.45. The first-order valence-electron chi connectivity index (χ1n) is 20.4. The Kier molecular flexibility index (Phi) is 12.3. The summed E-state index contributed by atoms with van der Waals surface area (Å²) in [6, 6.07) is 9.64. The van der Waals surface area contributed by atoms with Gasteiger partial charge in [-0.15, -0.1) is 0 Å². The van der Waals surface area contributed by atoms with Crippen molar-refractivity contribution in [3.8, 4) is 5.75 Å². The molecule has 1 unspecified atom stereocenters. The van der Waals surface area contributed by atoms with E-state index < -0.39 is 24.3 Å². The van der Waals surface area contributed by atoms with Crippen LogP contribution in [0.25, 0.3) is 0 Å². The summed E-state index contributed by atoms with van der Waals surface area (Å²) in [4.78, 5) is 65.1. The highest BCUT2D eigenvalue weighted by Gasteiger charge is 2.47. The fourth-order valence-corrected chi connectivity index (χ4v) is 8.52. The second-order valence-electron chi connectivity index (χ2n) is 16.3. The number of aromatic nitrogens is 2. The first-order chi connectivity index (χ1) is 28.2. The molecule has 1 aliphatic carbocycles. The van der Waals surface area contributed by atoms with Gasteiger partial charge in [-0.1, -0.05) is 6.07 Å².